The molecule has 1 aromatic carbocycles. The van der Waals surface area contributed by atoms with Gasteiger partial charge in [-0.2, -0.15) is 8.42 Å². The number of carboxylic acid groups (broad SMARTS) is 1. The number of para-hydroxylation sites is 1. The summed E-state index contributed by atoms with van der Waals surface area (Å²) in [5.74, 6) is -0.288. The highest BCUT2D eigenvalue weighted by Gasteiger charge is 2.22. The van der Waals surface area contributed by atoms with Gasteiger partial charge in [0, 0.05) is 5.39 Å². The fourth-order valence-electron chi connectivity index (χ4n) is 2.12. The Balaban J connectivity index is 0.000000597. The number of hydrogen-bond acceptors (Lipinski definition) is 6. The van der Waals surface area contributed by atoms with E-state index in [0.29, 0.717) is 18.5 Å². The summed E-state index contributed by atoms with van der Waals surface area (Å²) in [5.41, 5.74) is 0.901. The number of fused-ring (bicyclic) bond motifs is 1. The van der Waals surface area contributed by atoms with Crippen LogP contribution >= 0.6 is 0 Å². The van der Waals surface area contributed by atoms with Gasteiger partial charge < -0.3 is 10.4 Å². The van der Waals surface area contributed by atoms with E-state index in [0.717, 1.165) is 17.3 Å². The van der Waals surface area contributed by atoms with Crippen molar-refractivity contribution in [2.75, 3.05) is 11.6 Å². The van der Waals surface area contributed by atoms with E-state index in [1.54, 1.807) is 0 Å². The Hall–Kier alpha value is -2.26. The molecule has 0 spiro atoms. The third-order valence-electron chi connectivity index (χ3n) is 3.33. The lowest BCUT2D eigenvalue weighted by atomic mass is 9.88. The summed E-state index contributed by atoms with van der Waals surface area (Å²) in [6.07, 6.45) is 3.54. The van der Waals surface area contributed by atoms with Crippen molar-refractivity contribution in [3.8, 4) is 0 Å². The van der Waals surface area contributed by atoms with Gasteiger partial charge in [-0.05, 0) is 30.4 Å². The molecule has 0 fully saturated rings. The second-order valence-electron chi connectivity index (χ2n) is 7.11. The van der Waals surface area contributed by atoms with Crippen molar-refractivity contribution in [3.05, 3.63) is 30.6 Å². The molecule has 2 aromatic rings. The molecule has 26 heavy (non-hydrogen) atoms. The molecule has 144 valence electrons. The molecule has 0 saturated heterocycles. The molecule has 0 aliphatic rings. The van der Waals surface area contributed by atoms with E-state index in [9.17, 15) is 18.3 Å². The summed E-state index contributed by atoms with van der Waals surface area (Å²) >= 11 is 0. The van der Waals surface area contributed by atoms with Gasteiger partial charge in [-0.15, -0.1) is 0 Å². The molecule has 0 aliphatic carbocycles. The molecule has 1 aromatic heterocycles. The van der Waals surface area contributed by atoms with Crippen molar-refractivity contribution in [2.24, 2.45) is 5.41 Å². The predicted octanol–water partition coefficient (Wildman–Crippen LogP) is 2.83. The maximum atomic E-state index is 11.5. The van der Waals surface area contributed by atoms with Crippen molar-refractivity contribution in [1.82, 2.24) is 9.97 Å². The van der Waals surface area contributed by atoms with Crippen LogP contribution in [-0.2, 0) is 14.9 Å². The molecule has 0 aliphatic heterocycles. The normalized spacial score (nSPS) is 12.8. The first-order chi connectivity index (χ1) is 11.9. The lowest BCUT2D eigenvalue weighted by Crippen LogP contribution is -2.31. The van der Waals surface area contributed by atoms with Crippen LogP contribution in [0.4, 0.5) is 5.82 Å². The Kier molecular flexibility index (Phi) is 7.46. The van der Waals surface area contributed by atoms with Crippen LogP contribution in [0.2, 0.25) is 0 Å². The van der Waals surface area contributed by atoms with Gasteiger partial charge in [-0.25, -0.2) is 14.8 Å². The Morgan fingerprint density at radius 1 is 1.23 bits per heavy atom. The van der Waals surface area contributed by atoms with Crippen LogP contribution in [0.15, 0.2) is 30.6 Å². The van der Waals surface area contributed by atoms with Gasteiger partial charge in [0.05, 0.1) is 11.8 Å². The summed E-state index contributed by atoms with van der Waals surface area (Å²) in [4.78, 5) is 19.8. The largest absolute Gasteiger partial charge is 0.480 e. The van der Waals surface area contributed by atoms with Gasteiger partial charge in [-0.1, -0.05) is 32.9 Å². The third kappa shape index (κ3) is 8.72. The second kappa shape index (κ2) is 8.91. The highest BCUT2D eigenvalue weighted by Crippen LogP contribution is 2.24. The number of carboxylic acids is 1. The number of aliphatic carboxylic acids is 1. The van der Waals surface area contributed by atoms with E-state index >= 15 is 0 Å². The fraction of sp³-hybridized carbons (Fsp3) is 0.471. The van der Waals surface area contributed by atoms with E-state index in [1.807, 2.05) is 24.3 Å². The molecule has 3 N–H and O–H groups in total. The summed E-state index contributed by atoms with van der Waals surface area (Å²) < 4.78 is 25.9. The summed E-state index contributed by atoms with van der Waals surface area (Å²) in [6.45, 7) is 6.31. The molecule has 0 bridgehead atoms. The van der Waals surface area contributed by atoms with Crippen LogP contribution < -0.4 is 5.32 Å². The summed E-state index contributed by atoms with van der Waals surface area (Å²) in [6, 6.07) is 6.91. The van der Waals surface area contributed by atoms with E-state index < -0.39 is 22.1 Å². The van der Waals surface area contributed by atoms with E-state index in [2.05, 4.69) is 36.1 Å². The monoisotopic (exact) mass is 383 g/mol. The molecule has 1 heterocycles. The Morgan fingerprint density at radius 2 is 1.81 bits per heavy atom. The third-order valence-corrected chi connectivity index (χ3v) is 3.33. The number of nitrogens with zero attached hydrogens (tertiary/aromatic N) is 2. The van der Waals surface area contributed by atoms with Crippen LogP contribution in [0.3, 0.4) is 0 Å². The maximum Gasteiger partial charge on any atom is 0.326 e. The highest BCUT2D eigenvalue weighted by atomic mass is 32.2. The Morgan fingerprint density at radius 3 is 2.35 bits per heavy atom. The van der Waals surface area contributed by atoms with E-state index in [1.165, 1.54) is 6.33 Å². The molecule has 8 nitrogen and oxygen atoms in total. The van der Waals surface area contributed by atoms with Crippen LogP contribution in [0.1, 0.15) is 33.6 Å². The average Bonchev–Trinajstić information content (AvgIpc) is 2.48. The summed E-state index contributed by atoms with van der Waals surface area (Å²) in [7, 11) is -3.67. The maximum absolute atomic E-state index is 11.5. The minimum absolute atomic E-state index is 0.100. The van der Waals surface area contributed by atoms with E-state index in [-0.39, 0.29) is 5.41 Å². The van der Waals surface area contributed by atoms with Gasteiger partial charge in [-0.3, -0.25) is 4.55 Å². The number of rotatable bonds is 5. The number of aromatic nitrogens is 2. The predicted molar refractivity (Wildman–Crippen MR) is 101 cm³/mol. The zero-order valence-corrected chi connectivity index (χ0v) is 16.1. The zero-order chi connectivity index (χ0) is 20.0. The van der Waals surface area contributed by atoms with Gasteiger partial charge >= 0.3 is 5.97 Å². The molecular weight excluding hydrogens is 358 g/mol. The lowest BCUT2D eigenvalue weighted by Gasteiger charge is -2.22. The average molecular weight is 383 g/mol. The fourth-order valence-corrected chi connectivity index (χ4v) is 2.12. The Bertz CT molecular complexity index is 834. The first-order valence-corrected chi connectivity index (χ1v) is 9.83. The molecule has 0 radical (unpaired) electrons. The second-order valence-corrected chi connectivity index (χ2v) is 8.57. The SMILES string of the molecule is CC(C)(C)CC[C@H](Nc1ncnc2ccccc12)C(=O)O.CS(=O)(=O)O. The van der Waals surface area contributed by atoms with E-state index in [4.69, 9.17) is 4.55 Å². The molecule has 0 saturated carbocycles. The molecule has 9 heteroatoms. The Labute approximate surface area is 153 Å². The van der Waals surface area contributed by atoms with Gasteiger partial charge in [0.1, 0.15) is 18.2 Å². The van der Waals surface area contributed by atoms with Crippen molar-refractivity contribution in [3.63, 3.8) is 0 Å². The number of nitrogens with one attached hydrogen (secondary N) is 1. The van der Waals surface area contributed by atoms with Crippen LogP contribution in [-0.4, -0.2) is 46.3 Å². The van der Waals surface area contributed by atoms with Crippen molar-refractivity contribution < 1.29 is 22.9 Å². The smallest absolute Gasteiger partial charge is 0.326 e. The number of anilines is 1. The molecule has 1 atom stereocenters. The van der Waals surface area contributed by atoms with Crippen LogP contribution in [0, 0.1) is 5.41 Å². The first-order valence-electron chi connectivity index (χ1n) is 7.98. The first kappa shape index (κ1) is 21.8. The lowest BCUT2D eigenvalue weighted by molar-refractivity contribution is -0.138. The van der Waals surface area contributed by atoms with Gasteiger partial charge in [0.15, 0.2) is 0 Å². The topological polar surface area (TPSA) is 129 Å². The molecule has 0 unspecified atom stereocenters. The van der Waals surface area contributed by atoms with Crippen LogP contribution in [0.5, 0.6) is 0 Å². The number of benzene rings is 1. The van der Waals surface area contributed by atoms with Crippen molar-refractivity contribution >= 4 is 32.8 Å². The molecular formula is C17H25N3O5S. The number of carbonyl (C=O) groups is 1. The minimum Gasteiger partial charge on any atom is -0.480 e. The molecule has 2 rings (SSSR count). The minimum atomic E-state index is -3.67. The highest BCUT2D eigenvalue weighted by molar-refractivity contribution is 7.85. The summed E-state index contributed by atoms with van der Waals surface area (Å²) in [5, 5.41) is 13.3. The van der Waals surface area contributed by atoms with Crippen LogP contribution in [0.25, 0.3) is 10.9 Å². The van der Waals surface area contributed by atoms with Gasteiger partial charge in [0.2, 0.25) is 0 Å². The van der Waals surface area contributed by atoms with Gasteiger partial charge in [0.25, 0.3) is 10.1 Å². The molecule has 0 amide bonds. The van der Waals surface area contributed by atoms with Crippen molar-refractivity contribution in [2.45, 2.75) is 39.7 Å². The zero-order valence-electron chi connectivity index (χ0n) is 15.3. The standard InChI is InChI=1S/C16H21N3O2.CH4O3S/c1-16(2,3)9-8-13(15(20)21)19-14-11-6-4-5-7-12(11)17-10-18-14;1-5(2,3)4/h4-7,10,13H,8-9H2,1-3H3,(H,20,21)(H,17,18,19);1H3,(H,2,3,4)/t13-;/m0./s1. The quantitative estimate of drug-likeness (QED) is 0.672. The van der Waals surface area contributed by atoms with Crippen molar-refractivity contribution in [1.29, 1.82) is 0 Å². The number of hydrogen-bond donors (Lipinski definition) is 3.